The lowest BCUT2D eigenvalue weighted by molar-refractivity contribution is 0.0525. The van der Waals surface area contributed by atoms with Crippen LogP contribution >= 0.6 is 0 Å². The van der Waals surface area contributed by atoms with Crippen LogP contribution in [-0.4, -0.2) is 0 Å². The minimum absolute atomic E-state index is 0.129. The molecule has 2 aromatic rings. The zero-order valence-electron chi connectivity index (χ0n) is 11.3. The second-order valence-electron chi connectivity index (χ2n) is 4.78. The fourth-order valence-electron chi connectivity index (χ4n) is 1.91. The minimum atomic E-state index is 0.129. The van der Waals surface area contributed by atoms with Crippen LogP contribution in [0.15, 0.2) is 48.5 Å². The Hall–Kier alpha value is -1.60. The number of aryl methyl sites for hydroxylation is 2. The van der Waals surface area contributed by atoms with E-state index in [2.05, 4.69) is 51.1 Å². The van der Waals surface area contributed by atoms with Gasteiger partial charge < -0.3 is 4.74 Å². The summed E-state index contributed by atoms with van der Waals surface area (Å²) in [6.07, 6.45) is 0.129. The first-order valence-corrected chi connectivity index (χ1v) is 6.39. The largest absolute Gasteiger partial charge is 0.369 e. The van der Waals surface area contributed by atoms with Gasteiger partial charge in [0, 0.05) is 0 Å². The van der Waals surface area contributed by atoms with Crippen molar-refractivity contribution in [3.05, 3.63) is 70.8 Å². The van der Waals surface area contributed by atoms with Gasteiger partial charge in [0.05, 0.1) is 12.7 Å². The van der Waals surface area contributed by atoms with E-state index in [0.29, 0.717) is 6.61 Å². The molecule has 0 amide bonds. The summed E-state index contributed by atoms with van der Waals surface area (Å²) in [5.74, 6) is 0. The number of rotatable bonds is 4. The van der Waals surface area contributed by atoms with Crippen molar-refractivity contribution in [3.63, 3.8) is 0 Å². The second-order valence-corrected chi connectivity index (χ2v) is 4.78. The maximum absolute atomic E-state index is 5.91. The van der Waals surface area contributed by atoms with Gasteiger partial charge in [0.2, 0.25) is 0 Å². The molecule has 0 saturated heterocycles. The van der Waals surface area contributed by atoms with Crippen molar-refractivity contribution in [2.24, 2.45) is 0 Å². The summed E-state index contributed by atoms with van der Waals surface area (Å²) in [7, 11) is 0. The van der Waals surface area contributed by atoms with Crippen LogP contribution in [0.4, 0.5) is 0 Å². The Morgan fingerprint density at radius 1 is 0.944 bits per heavy atom. The summed E-state index contributed by atoms with van der Waals surface area (Å²) >= 11 is 0. The third kappa shape index (κ3) is 3.21. The molecule has 0 bridgehead atoms. The molecule has 1 nitrogen and oxygen atoms in total. The summed E-state index contributed by atoms with van der Waals surface area (Å²) < 4.78 is 5.91. The van der Waals surface area contributed by atoms with Crippen LogP contribution in [0.1, 0.15) is 35.3 Å². The molecule has 0 spiro atoms. The summed E-state index contributed by atoms with van der Waals surface area (Å²) in [5, 5.41) is 0. The van der Waals surface area contributed by atoms with E-state index in [1.165, 1.54) is 22.3 Å². The lowest BCUT2D eigenvalue weighted by Gasteiger charge is -2.15. The van der Waals surface area contributed by atoms with Gasteiger partial charge in [-0.1, -0.05) is 48.5 Å². The highest BCUT2D eigenvalue weighted by molar-refractivity contribution is 5.31. The molecule has 2 aromatic carbocycles. The van der Waals surface area contributed by atoms with Crippen molar-refractivity contribution in [1.29, 1.82) is 0 Å². The topological polar surface area (TPSA) is 9.23 Å². The van der Waals surface area contributed by atoms with E-state index in [4.69, 9.17) is 4.74 Å². The number of benzene rings is 2. The van der Waals surface area contributed by atoms with Crippen LogP contribution in [-0.2, 0) is 11.3 Å². The zero-order chi connectivity index (χ0) is 13.0. The fourth-order valence-corrected chi connectivity index (χ4v) is 1.91. The number of hydrogen-bond acceptors (Lipinski definition) is 1. The average Bonchev–Trinajstić information content (AvgIpc) is 2.40. The number of hydrogen-bond donors (Lipinski definition) is 0. The first-order valence-electron chi connectivity index (χ1n) is 6.39. The number of ether oxygens (including phenoxy) is 1. The van der Waals surface area contributed by atoms with Crippen molar-refractivity contribution in [2.75, 3.05) is 0 Å². The van der Waals surface area contributed by atoms with Crippen LogP contribution < -0.4 is 0 Å². The van der Waals surface area contributed by atoms with Gasteiger partial charge in [-0.15, -0.1) is 0 Å². The van der Waals surface area contributed by atoms with E-state index in [9.17, 15) is 0 Å². The fraction of sp³-hybridized carbons (Fsp3) is 0.294. The highest BCUT2D eigenvalue weighted by Crippen LogP contribution is 2.21. The smallest absolute Gasteiger partial charge is 0.0801 e. The highest BCUT2D eigenvalue weighted by Gasteiger charge is 2.06. The second kappa shape index (κ2) is 5.83. The lowest BCUT2D eigenvalue weighted by atomic mass is 10.0. The van der Waals surface area contributed by atoms with Gasteiger partial charge in [-0.3, -0.25) is 0 Å². The molecule has 2 rings (SSSR count). The molecule has 18 heavy (non-hydrogen) atoms. The maximum Gasteiger partial charge on any atom is 0.0801 e. The first kappa shape index (κ1) is 12.8. The van der Waals surface area contributed by atoms with Crippen molar-refractivity contribution in [2.45, 2.75) is 33.5 Å². The third-order valence-electron chi connectivity index (χ3n) is 3.34. The Labute approximate surface area is 109 Å². The normalized spacial score (nSPS) is 12.4. The molecule has 0 aliphatic carbocycles. The first-order chi connectivity index (χ1) is 8.66. The Morgan fingerprint density at radius 2 is 1.67 bits per heavy atom. The van der Waals surface area contributed by atoms with Crippen molar-refractivity contribution < 1.29 is 4.74 Å². The highest BCUT2D eigenvalue weighted by atomic mass is 16.5. The van der Waals surface area contributed by atoms with Gasteiger partial charge >= 0.3 is 0 Å². The molecule has 0 N–H and O–H groups in total. The molecular formula is C17H20O. The standard InChI is InChI=1S/C17H20O/c1-13-9-10-17(11-14(13)2)15(3)18-12-16-7-5-4-6-8-16/h4-11,15H,12H2,1-3H3. The molecule has 0 heterocycles. The molecule has 1 unspecified atom stereocenters. The molecule has 94 valence electrons. The van der Waals surface area contributed by atoms with Gasteiger partial charge in [-0.2, -0.15) is 0 Å². The SMILES string of the molecule is Cc1ccc(C(C)OCc2ccccc2)cc1C. The van der Waals surface area contributed by atoms with E-state index in [1.807, 2.05) is 18.2 Å². The molecule has 1 atom stereocenters. The van der Waals surface area contributed by atoms with E-state index in [1.54, 1.807) is 0 Å². The van der Waals surface area contributed by atoms with Crippen LogP contribution in [0, 0.1) is 13.8 Å². The Morgan fingerprint density at radius 3 is 2.33 bits per heavy atom. The van der Waals surface area contributed by atoms with Crippen LogP contribution in [0.2, 0.25) is 0 Å². The van der Waals surface area contributed by atoms with E-state index in [-0.39, 0.29) is 6.10 Å². The minimum Gasteiger partial charge on any atom is -0.369 e. The molecule has 0 fully saturated rings. The van der Waals surface area contributed by atoms with Gasteiger partial charge in [-0.05, 0) is 43.0 Å². The maximum atomic E-state index is 5.91. The molecule has 0 aliphatic heterocycles. The monoisotopic (exact) mass is 240 g/mol. The Kier molecular flexibility index (Phi) is 4.16. The summed E-state index contributed by atoms with van der Waals surface area (Å²) in [4.78, 5) is 0. The molecule has 0 saturated carbocycles. The molecule has 1 heteroatoms. The molecule has 0 aliphatic rings. The van der Waals surface area contributed by atoms with E-state index in [0.717, 1.165) is 0 Å². The van der Waals surface area contributed by atoms with E-state index >= 15 is 0 Å². The summed E-state index contributed by atoms with van der Waals surface area (Å²) in [6, 6.07) is 16.8. The predicted molar refractivity (Wildman–Crippen MR) is 75.6 cm³/mol. The van der Waals surface area contributed by atoms with Crippen molar-refractivity contribution in [1.82, 2.24) is 0 Å². The van der Waals surface area contributed by atoms with Gasteiger partial charge in [0.25, 0.3) is 0 Å². The molecular weight excluding hydrogens is 220 g/mol. The Balaban J connectivity index is 1.99. The quantitative estimate of drug-likeness (QED) is 0.760. The summed E-state index contributed by atoms with van der Waals surface area (Å²) in [5.41, 5.74) is 5.11. The predicted octanol–water partition coefficient (Wildman–Crippen LogP) is 4.58. The van der Waals surface area contributed by atoms with Crippen LogP contribution in [0.25, 0.3) is 0 Å². The molecule has 0 radical (unpaired) electrons. The third-order valence-corrected chi connectivity index (χ3v) is 3.34. The van der Waals surface area contributed by atoms with Gasteiger partial charge in [0.15, 0.2) is 0 Å². The van der Waals surface area contributed by atoms with Crippen LogP contribution in [0.3, 0.4) is 0 Å². The van der Waals surface area contributed by atoms with Crippen molar-refractivity contribution in [3.8, 4) is 0 Å². The molecule has 0 aromatic heterocycles. The van der Waals surface area contributed by atoms with Gasteiger partial charge in [0.1, 0.15) is 0 Å². The lowest BCUT2D eigenvalue weighted by Crippen LogP contribution is -2.01. The zero-order valence-corrected chi connectivity index (χ0v) is 11.3. The van der Waals surface area contributed by atoms with Crippen LogP contribution in [0.5, 0.6) is 0 Å². The summed E-state index contributed by atoms with van der Waals surface area (Å²) in [6.45, 7) is 7.04. The van der Waals surface area contributed by atoms with Gasteiger partial charge in [-0.25, -0.2) is 0 Å². The van der Waals surface area contributed by atoms with E-state index < -0.39 is 0 Å². The van der Waals surface area contributed by atoms with Crippen molar-refractivity contribution >= 4 is 0 Å². The Bertz CT molecular complexity index is 502. The average molecular weight is 240 g/mol.